The van der Waals surface area contributed by atoms with Gasteiger partial charge in [0.2, 0.25) is 10.0 Å². The van der Waals surface area contributed by atoms with Crippen molar-refractivity contribution in [2.75, 3.05) is 0 Å². The molecule has 0 amide bonds. The number of nitro benzene ring substituents is 1. The van der Waals surface area contributed by atoms with Crippen LogP contribution in [0, 0.1) is 10.1 Å². The van der Waals surface area contributed by atoms with E-state index in [4.69, 9.17) is 5.14 Å². The van der Waals surface area contributed by atoms with E-state index in [-0.39, 0.29) is 11.1 Å². The highest BCUT2D eigenvalue weighted by Gasteiger charge is 2.29. The lowest BCUT2D eigenvalue weighted by Crippen LogP contribution is -2.19. The number of primary sulfonamides is 1. The van der Waals surface area contributed by atoms with Crippen LogP contribution >= 0.6 is 0 Å². The van der Waals surface area contributed by atoms with Gasteiger partial charge in [0.1, 0.15) is 0 Å². The zero-order valence-electron chi connectivity index (χ0n) is 10.6. The molecule has 0 radical (unpaired) electrons. The van der Waals surface area contributed by atoms with Gasteiger partial charge in [0.05, 0.1) is 4.92 Å². The number of hydrogen-bond acceptors (Lipinski definition) is 5. The van der Waals surface area contributed by atoms with Gasteiger partial charge in [-0.2, -0.15) is 0 Å². The van der Waals surface area contributed by atoms with E-state index in [1.165, 1.54) is 24.3 Å². The van der Waals surface area contributed by atoms with E-state index in [1.807, 2.05) is 0 Å². The predicted octanol–water partition coefficient (Wildman–Crippen LogP) is 1.47. The van der Waals surface area contributed by atoms with Gasteiger partial charge in [-0.05, 0) is 6.07 Å². The fourth-order valence-electron chi connectivity index (χ4n) is 1.89. The molecule has 0 heterocycles. The van der Waals surface area contributed by atoms with Gasteiger partial charge in [0.25, 0.3) is 5.69 Å². The smallest absolute Gasteiger partial charge is 0.289 e. The van der Waals surface area contributed by atoms with Crippen LogP contribution in [-0.4, -0.2) is 19.1 Å². The molecule has 0 saturated carbocycles. The lowest BCUT2D eigenvalue weighted by molar-refractivity contribution is -0.387. The normalized spacial score (nSPS) is 11.1. The zero-order valence-corrected chi connectivity index (χ0v) is 11.4. The van der Waals surface area contributed by atoms with Gasteiger partial charge < -0.3 is 0 Å². The van der Waals surface area contributed by atoms with Crippen molar-refractivity contribution >= 4 is 21.5 Å². The Bertz CT molecular complexity index is 816. The Morgan fingerprint density at radius 3 is 2.19 bits per heavy atom. The summed E-state index contributed by atoms with van der Waals surface area (Å²) in [5, 5.41) is 16.0. The second-order valence-electron chi connectivity index (χ2n) is 4.15. The third kappa shape index (κ3) is 2.96. The first-order valence-corrected chi connectivity index (χ1v) is 7.27. The molecule has 2 aromatic carbocycles. The molecule has 0 saturated heterocycles. The second kappa shape index (κ2) is 5.43. The number of carbonyl (C=O) groups excluding carboxylic acids is 1. The summed E-state index contributed by atoms with van der Waals surface area (Å²) in [6.07, 6.45) is 0. The molecule has 21 heavy (non-hydrogen) atoms. The minimum Gasteiger partial charge on any atom is -0.289 e. The average Bonchev–Trinajstić information content (AvgIpc) is 2.45. The van der Waals surface area contributed by atoms with Crippen LogP contribution in [0.5, 0.6) is 0 Å². The van der Waals surface area contributed by atoms with E-state index in [1.54, 1.807) is 18.2 Å². The van der Waals surface area contributed by atoms with Crippen LogP contribution in [0.1, 0.15) is 15.9 Å². The quantitative estimate of drug-likeness (QED) is 0.521. The van der Waals surface area contributed by atoms with Crippen molar-refractivity contribution in [2.24, 2.45) is 5.14 Å². The Hall–Kier alpha value is -2.58. The third-order valence-electron chi connectivity index (χ3n) is 2.76. The van der Waals surface area contributed by atoms with Crippen LogP contribution in [0.2, 0.25) is 0 Å². The minimum absolute atomic E-state index is 0.211. The highest BCUT2D eigenvalue weighted by atomic mass is 32.2. The number of sulfonamides is 1. The van der Waals surface area contributed by atoms with Crippen molar-refractivity contribution in [3.63, 3.8) is 0 Å². The van der Waals surface area contributed by atoms with Gasteiger partial charge in [-0.1, -0.05) is 36.4 Å². The van der Waals surface area contributed by atoms with Gasteiger partial charge in [-0.25, -0.2) is 13.6 Å². The van der Waals surface area contributed by atoms with E-state index in [0.29, 0.717) is 0 Å². The number of hydrogen-bond donors (Lipinski definition) is 1. The van der Waals surface area contributed by atoms with Crippen molar-refractivity contribution in [1.82, 2.24) is 0 Å². The molecule has 0 atom stereocenters. The number of ketones is 1. The lowest BCUT2D eigenvalue weighted by atomic mass is 10.0. The Morgan fingerprint density at radius 1 is 1.05 bits per heavy atom. The van der Waals surface area contributed by atoms with E-state index in [9.17, 15) is 23.3 Å². The highest BCUT2D eigenvalue weighted by Crippen LogP contribution is 2.28. The van der Waals surface area contributed by atoms with Crippen molar-refractivity contribution < 1.29 is 18.1 Å². The van der Waals surface area contributed by atoms with Crippen molar-refractivity contribution in [1.29, 1.82) is 0 Å². The Labute approximate surface area is 120 Å². The maximum atomic E-state index is 12.3. The molecular formula is C13H10N2O5S. The maximum absolute atomic E-state index is 12.3. The number of carbonyl (C=O) groups is 1. The molecule has 2 N–H and O–H groups in total. The van der Waals surface area contributed by atoms with E-state index in [2.05, 4.69) is 0 Å². The fraction of sp³-hybridized carbons (Fsp3) is 0. The standard InChI is InChI=1S/C13H10N2O5S/c14-21(19,20)13-10(7-4-8-11(13)15(17)18)12(16)9-5-2-1-3-6-9/h1-8H,(H2,14,19,20). The largest absolute Gasteiger partial charge is 0.290 e. The Kier molecular flexibility index (Phi) is 3.83. The molecule has 0 bridgehead atoms. The monoisotopic (exact) mass is 306 g/mol. The predicted molar refractivity (Wildman–Crippen MR) is 74.3 cm³/mol. The summed E-state index contributed by atoms with van der Waals surface area (Å²) < 4.78 is 23.3. The molecule has 108 valence electrons. The number of nitrogens with zero attached hydrogens (tertiary/aromatic N) is 1. The number of benzene rings is 2. The number of nitrogens with two attached hydrogens (primary N) is 1. The van der Waals surface area contributed by atoms with Gasteiger partial charge in [-0.15, -0.1) is 0 Å². The SMILES string of the molecule is NS(=O)(=O)c1c(C(=O)c2ccccc2)cccc1[N+](=O)[O-]. The van der Waals surface area contributed by atoms with E-state index < -0.39 is 31.3 Å². The molecule has 7 nitrogen and oxygen atoms in total. The molecule has 2 aromatic rings. The molecule has 0 aliphatic rings. The Balaban J connectivity index is 2.73. The summed E-state index contributed by atoms with van der Waals surface area (Å²) in [6, 6.07) is 11.3. The molecule has 0 aliphatic carbocycles. The van der Waals surface area contributed by atoms with Crippen molar-refractivity contribution in [3.05, 3.63) is 69.8 Å². The summed E-state index contributed by atoms with van der Waals surface area (Å²) >= 11 is 0. The number of nitro groups is 1. The molecule has 8 heteroatoms. The van der Waals surface area contributed by atoms with Gasteiger partial charge in [-0.3, -0.25) is 14.9 Å². The summed E-state index contributed by atoms with van der Waals surface area (Å²) in [4.78, 5) is 21.6. The van der Waals surface area contributed by atoms with Crippen LogP contribution in [0.25, 0.3) is 0 Å². The molecule has 2 rings (SSSR count). The minimum atomic E-state index is -4.42. The van der Waals surface area contributed by atoms with Crippen molar-refractivity contribution in [2.45, 2.75) is 4.90 Å². The first-order chi connectivity index (χ1) is 9.82. The van der Waals surface area contributed by atoms with E-state index >= 15 is 0 Å². The van der Waals surface area contributed by atoms with Crippen LogP contribution in [-0.2, 0) is 10.0 Å². The first-order valence-electron chi connectivity index (χ1n) is 5.72. The third-order valence-corrected chi connectivity index (χ3v) is 3.75. The maximum Gasteiger partial charge on any atom is 0.290 e. The first kappa shape index (κ1) is 14.8. The molecule has 0 unspecified atom stereocenters. The van der Waals surface area contributed by atoms with Crippen LogP contribution in [0.15, 0.2) is 53.4 Å². The van der Waals surface area contributed by atoms with Gasteiger partial charge in [0, 0.05) is 17.2 Å². The lowest BCUT2D eigenvalue weighted by Gasteiger charge is -2.07. The fourth-order valence-corrected chi connectivity index (χ4v) is 2.79. The van der Waals surface area contributed by atoms with Gasteiger partial charge >= 0.3 is 0 Å². The van der Waals surface area contributed by atoms with Crippen LogP contribution in [0.4, 0.5) is 5.69 Å². The Morgan fingerprint density at radius 2 is 1.67 bits per heavy atom. The highest BCUT2D eigenvalue weighted by molar-refractivity contribution is 7.89. The molecule has 0 spiro atoms. The molecular weight excluding hydrogens is 296 g/mol. The summed E-state index contributed by atoms with van der Waals surface area (Å²) in [7, 11) is -4.42. The molecule has 0 aromatic heterocycles. The van der Waals surface area contributed by atoms with E-state index in [0.717, 1.165) is 6.07 Å². The average molecular weight is 306 g/mol. The molecule has 0 fully saturated rings. The summed E-state index contributed by atoms with van der Waals surface area (Å²) in [5.74, 6) is -0.650. The molecule has 0 aliphatic heterocycles. The second-order valence-corrected chi connectivity index (χ2v) is 5.65. The van der Waals surface area contributed by atoms with Gasteiger partial charge in [0.15, 0.2) is 10.7 Å². The topological polar surface area (TPSA) is 120 Å². The zero-order chi connectivity index (χ0) is 15.6. The number of rotatable bonds is 4. The van der Waals surface area contributed by atoms with Crippen LogP contribution < -0.4 is 5.14 Å². The van der Waals surface area contributed by atoms with Crippen LogP contribution in [0.3, 0.4) is 0 Å². The summed E-state index contributed by atoms with van der Waals surface area (Å²) in [5.41, 5.74) is -0.833. The summed E-state index contributed by atoms with van der Waals surface area (Å²) in [6.45, 7) is 0. The van der Waals surface area contributed by atoms with Crippen molar-refractivity contribution in [3.8, 4) is 0 Å².